The van der Waals surface area contributed by atoms with Gasteiger partial charge in [0.1, 0.15) is 9.77 Å². The van der Waals surface area contributed by atoms with Gasteiger partial charge in [0, 0.05) is 19.4 Å². The number of ether oxygens (including phenoxy) is 3. The Kier molecular flexibility index (Phi) is 5.26. The summed E-state index contributed by atoms with van der Waals surface area (Å²) >= 11 is 1.04. The quantitative estimate of drug-likeness (QED) is 0.791. The molecule has 7 nitrogen and oxygen atoms in total. The molecule has 2 fully saturated rings. The number of esters is 1. The zero-order chi connectivity index (χ0) is 17.2. The van der Waals surface area contributed by atoms with E-state index >= 15 is 0 Å². The van der Waals surface area contributed by atoms with Crippen molar-refractivity contribution in [2.75, 3.05) is 20.3 Å². The lowest BCUT2D eigenvalue weighted by Gasteiger charge is -2.31. The van der Waals surface area contributed by atoms with Gasteiger partial charge in [-0.25, -0.2) is 17.9 Å². The number of carbonyl (C=O) groups excluding carboxylic acids is 1. The van der Waals surface area contributed by atoms with Gasteiger partial charge in [-0.1, -0.05) is 6.42 Å². The molecule has 1 saturated carbocycles. The van der Waals surface area contributed by atoms with Crippen molar-refractivity contribution in [1.29, 1.82) is 0 Å². The molecule has 9 heteroatoms. The summed E-state index contributed by atoms with van der Waals surface area (Å²) in [5.74, 6) is -1.19. The third-order valence-electron chi connectivity index (χ3n) is 4.32. The molecule has 1 N–H and O–H groups in total. The van der Waals surface area contributed by atoms with Crippen molar-refractivity contribution >= 4 is 27.3 Å². The Morgan fingerprint density at radius 3 is 2.88 bits per heavy atom. The molecule has 1 aromatic heterocycles. The lowest BCUT2D eigenvalue weighted by atomic mass is 9.94. The number of methoxy groups -OCH3 is 1. The van der Waals surface area contributed by atoms with Gasteiger partial charge in [-0.15, -0.1) is 11.3 Å². The maximum atomic E-state index is 12.5. The maximum absolute atomic E-state index is 12.5. The van der Waals surface area contributed by atoms with Crippen LogP contribution in [-0.4, -0.2) is 46.5 Å². The van der Waals surface area contributed by atoms with Gasteiger partial charge in [0.15, 0.2) is 5.79 Å². The summed E-state index contributed by atoms with van der Waals surface area (Å²) in [4.78, 5) is 11.7. The SMILES string of the molecule is COC(=O)c1sccc1S(=O)(=O)NC[C@@H]1COC2(CCCCC2)O1. The first-order valence-electron chi connectivity index (χ1n) is 7.93. The number of rotatable bonds is 5. The molecule has 0 bridgehead atoms. The second-order valence-electron chi connectivity index (χ2n) is 5.98. The van der Waals surface area contributed by atoms with E-state index in [4.69, 9.17) is 9.47 Å². The molecule has 0 aromatic carbocycles. The summed E-state index contributed by atoms with van der Waals surface area (Å²) in [7, 11) is -2.59. The number of hydrogen-bond donors (Lipinski definition) is 1. The van der Waals surface area contributed by atoms with E-state index in [1.165, 1.54) is 19.6 Å². The van der Waals surface area contributed by atoms with E-state index in [2.05, 4.69) is 9.46 Å². The predicted molar refractivity (Wildman–Crippen MR) is 87.5 cm³/mol. The second kappa shape index (κ2) is 7.09. The number of nitrogens with one attached hydrogen (secondary N) is 1. The number of sulfonamides is 1. The lowest BCUT2D eigenvalue weighted by Crippen LogP contribution is -2.37. The maximum Gasteiger partial charge on any atom is 0.349 e. The van der Waals surface area contributed by atoms with Gasteiger partial charge in [-0.3, -0.25) is 0 Å². The van der Waals surface area contributed by atoms with Crippen LogP contribution in [0.3, 0.4) is 0 Å². The van der Waals surface area contributed by atoms with E-state index in [0.717, 1.165) is 37.0 Å². The monoisotopic (exact) mass is 375 g/mol. The fraction of sp³-hybridized carbons (Fsp3) is 0.667. The molecular weight excluding hydrogens is 354 g/mol. The molecule has 1 atom stereocenters. The highest BCUT2D eigenvalue weighted by Gasteiger charge is 2.42. The third kappa shape index (κ3) is 3.65. The highest BCUT2D eigenvalue weighted by molar-refractivity contribution is 7.89. The van der Waals surface area contributed by atoms with E-state index in [1.54, 1.807) is 5.38 Å². The average Bonchev–Trinajstić information content (AvgIpc) is 3.21. The van der Waals surface area contributed by atoms with Gasteiger partial charge in [0.05, 0.1) is 19.8 Å². The first-order chi connectivity index (χ1) is 11.5. The van der Waals surface area contributed by atoms with Crippen LogP contribution < -0.4 is 4.72 Å². The minimum Gasteiger partial charge on any atom is -0.465 e. The second-order valence-corrected chi connectivity index (χ2v) is 8.63. The molecule has 2 aliphatic rings. The zero-order valence-electron chi connectivity index (χ0n) is 13.4. The molecule has 2 heterocycles. The molecule has 1 spiro atoms. The van der Waals surface area contributed by atoms with E-state index in [9.17, 15) is 13.2 Å². The fourth-order valence-corrected chi connectivity index (χ4v) is 5.50. The van der Waals surface area contributed by atoms with Crippen LogP contribution in [0.25, 0.3) is 0 Å². The number of carbonyl (C=O) groups is 1. The topological polar surface area (TPSA) is 90.9 Å². The first-order valence-corrected chi connectivity index (χ1v) is 10.3. The number of hydrogen-bond acceptors (Lipinski definition) is 7. The van der Waals surface area contributed by atoms with Crippen LogP contribution in [0, 0.1) is 0 Å². The van der Waals surface area contributed by atoms with Crippen molar-refractivity contribution in [3.05, 3.63) is 16.3 Å². The molecule has 3 rings (SSSR count). The standard InChI is InChI=1S/C15H21NO6S2/c1-20-14(17)13-12(5-8-23-13)24(18,19)16-9-11-10-21-15(22-11)6-3-2-4-7-15/h5,8,11,16H,2-4,6-7,9-10H2,1H3/t11-/m1/s1. The summed E-state index contributed by atoms with van der Waals surface area (Å²) in [6, 6.07) is 1.40. The van der Waals surface area contributed by atoms with Gasteiger partial charge in [-0.2, -0.15) is 0 Å². The van der Waals surface area contributed by atoms with Crippen LogP contribution in [0.1, 0.15) is 41.8 Å². The highest BCUT2D eigenvalue weighted by atomic mass is 32.2. The van der Waals surface area contributed by atoms with Crippen molar-refractivity contribution < 1.29 is 27.4 Å². The summed E-state index contributed by atoms with van der Waals surface area (Å²) in [6.07, 6.45) is 4.70. The van der Waals surface area contributed by atoms with Crippen LogP contribution in [-0.2, 0) is 24.2 Å². The van der Waals surface area contributed by atoms with Crippen molar-refractivity contribution in [2.45, 2.75) is 48.9 Å². The molecule has 1 aliphatic heterocycles. The minimum atomic E-state index is -3.81. The summed E-state index contributed by atoms with van der Waals surface area (Å²) in [5.41, 5.74) is 0. The normalized spacial score (nSPS) is 23.5. The molecule has 0 amide bonds. The Morgan fingerprint density at radius 1 is 1.42 bits per heavy atom. The predicted octanol–water partition coefficient (Wildman–Crippen LogP) is 1.89. The van der Waals surface area contributed by atoms with Crippen LogP contribution in [0.5, 0.6) is 0 Å². The summed E-state index contributed by atoms with van der Waals surface area (Å²) in [6.45, 7) is 0.483. The third-order valence-corrected chi connectivity index (χ3v) is 6.81. The first kappa shape index (κ1) is 17.8. The average molecular weight is 375 g/mol. The van der Waals surface area contributed by atoms with Gasteiger partial charge in [0.2, 0.25) is 10.0 Å². The van der Waals surface area contributed by atoms with Gasteiger partial charge >= 0.3 is 5.97 Å². The lowest BCUT2D eigenvalue weighted by molar-refractivity contribution is -0.186. The Hall–Kier alpha value is -1.00. The molecule has 24 heavy (non-hydrogen) atoms. The van der Waals surface area contributed by atoms with Crippen molar-refractivity contribution in [2.24, 2.45) is 0 Å². The summed E-state index contributed by atoms with van der Waals surface area (Å²) < 4.78 is 43.8. The van der Waals surface area contributed by atoms with Crippen molar-refractivity contribution in [1.82, 2.24) is 4.72 Å². The zero-order valence-corrected chi connectivity index (χ0v) is 15.1. The van der Waals surface area contributed by atoms with Gasteiger partial charge < -0.3 is 14.2 Å². The smallest absolute Gasteiger partial charge is 0.349 e. The summed E-state index contributed by atoms with van der Waals surface area (Å²) in [5, 5.41) is 1.55. The fourth-order valence-electron chi connectivity index (χ4n) is 3.10. The Labute approximate surface area is 145 Å². The van der Waals surface area contributed by atoms with E-state index in [1.807, 2.05) is 0 Å². The van der Waals surface area contributed by atoms with E-state index in [0.29, 0.717) is 6.61 Å². The van der Waals surface area contributed by atoms with Crippen LogP contribution in [0.2, 0.25) is 0 Å². The highest BCUT2D eigenvalue weighted by Crippen LogP contribution is 2.37. The number of thiophene rings is 1. The van der Waals surface area contributed by atoms with Gasteiger partial charge in [-0.05, 0) is 24.3 Å². The van der Waals surface area contributed by atoms with Crippen LogP contribution in [0.4, 0.5) is 0 Å². The van der Waals surface area contributed by atoms with Gasteiger partial charge in [0.25, 0.3) is 0 Å². The Balaban J connectivity index is 1.62. The Morgan fingerprint density at radius 2 is 2.17 bits per heavy atom. The van der Waals surface area contributed by atoms with Crippen LogP contribution >= 0.6 is 11.3 Å². The Bertz CT molecular complexity index is 693. The molecule has 1 aromatic rings. The molecule has 134 valence electrons. The minimum absolute atomic E-state index is 0.0642. The molecule has 0 radical (unpaired) electrons. The van der Waals surface area contributed by atoms with Crippen molar-refractivity contribution in [3.8, 4) is 0 Å². The molecule has 1 saturated heterocycles. The van der Waals surface area contributed by atoms with Crippen LogP contribution in [0.15, 0.2) is 16.3 Å². The van der Waals surface area contributed by atoms with Crippen molar-refractivity contribution in [3.63, 3.8) is 0 Å². The largest absolute Gasteiger partial charge is 0.465 e. The molecular formula is C15H21NO6S2. The van der Waals surface area contributed by atoms with E-state index in [-0.39, 0.29) is 22.4 Å². The molecule has 0 unspecified atom stereocenters. The molecule has 1 aliphatic carbocycles. The van der Waals surface area contributed by atoms with E-state index < -0.39 is 21.8 Å².